The van der Waals surface area contributed by atoms with Crippen LogP contribution in [-0.4, -0.2) is 42.8 Å². The molecule has 0 fully saturated rings. The van der Waals surface area contributed by atoms with Crippen LogP contribution in [0.5, 0.6) is 0 Å². The summed E-state index contributed by atoms with van der Waals surface area (Å²) in [6.45, 7) is 2.70. The van der Waals surface area contributed by atoms with Gasteiger partial charge in [-0.15, -0.1) is 0 Å². The number of carbonyl (C=O) groups is 2. The Morgan fingerprint density at radius 1 is 1.07 bits per heavy atom. The van der Waals surface area contributed by atoms with Crippen molar-refractivity contribution >= 4 is 17.8 Å². The number of amides is 2. The van der Waals surface area contributed by atoms with Crippen molar-refractivity contribution in [1.82, 2.24) is 15.5 Å². The second kappa shape index (κ2) is 7.99. The van der Waals surface area contributed by atoms with E-state index in [0.717, 1.165) is 5.56 Å². The summed E-state index contributed by atoms with van der Waals surface area (Å²) in [5.41, 5.74) is 2.27. The molecule has 0 unspecified atom stereocenters. The van der Waals surface area contributed by atoms with Gasteiger partial charge in [0.25, 0.3) is 11.8 Å². The van der Waals surface area contributed by atoms with Gasteiger partial charge in [0.15, 0.2) is 5.96 Å². The van der Waals surface area contributed by atoms with Crippen molar-refractivity contribution in [3.8, 4) is 0 Å². The highest BCUT2D eigenvalue weighted by Gasteiger charge is 2.34. The van der Waals surface area contributed by atoms with Crippen LogP contribution in [0.25, 0.3) is 0 Å². The fourth-order valence-electron chi connectivity index (χ4n) is 2.88. The normalized spacial score (nSPS) is 13.7. The van der Waals surface area contributed by atoms with Crippen molar-refractivity contribution in [2.45, 2.75) is 13.5 Å². The molecule has 1 aliphatic rings. The number of benzene rings is 2. The molecule has 0 spiro atoms. The zero-order valence-electron chi connectivity index (χ0n) is 15.3. The number of hydrogen-bond donors (Lipinski definition) is 2. The summed E-state index contributed by atoms with van der Waals surface area (Å²) in [6, 6.07) is 11.8. The highest BCUT2D eigenvalue weighted by molar-refractivity contribution is 6.21. The van der Waals surface area contributed by atoms with Crippen molar-refractivity contribution < 1.29 is 14.0 Å². The van der Waals surface area contributed by atoms with Crippen molar-refractivity contribution in [3.63, 3.8) is 0 Å². The molecule has 0 bridgehead atoms. The molecule has 27 heavy (non-hydrogen) atoms. The van der Waals surface area contributed by atoms with Crippen LogP contribution in [0.1, 0.15) is 31.8 Å². The number of halogens is 1. The predicted octanol–water partition coefficient (Wildman–Crippen LogP) is 2.10. The van der Waals surface area contributed by atoms with Gasteiger partial charge in [0, 0.05) is 26.7 Å². The SMILES string of the molecule is CN=C(NCCN1C(=O)c2ccccc2C1=O)NCc1ccc(C)c(F)c1. The Hall–Kier alpha value is -3.22. The van der Waals surface area contributed by atoms with Crippen LogP contribution in [0.15, 0.2) is 47.5 Å². The number of guanidine groups is 1. The number of nitrogens with one attached hydrogen (secondary N) is 2. The zero-order valence-corrected chi connectivity index (χ0v) is 15.3. The Kier molecular flexibility index (Phi) is 5.49. The Morgan fingerprint density at radius 3 is 2.33 bits per heavy atom. The Balaban J connectivity index is 1.51. The number of aryl methyl sites for hydroxylation is 1. The molecule has 1 heterocycles. The third-order valence-corrected chi connectivity index (χ3v) is 4.43. The molecule has 0 saturated heterocycles. The van der Waals surface area contributed by atoms with Crippen LogP contribution < -0.4 is 10.6 Å². The highest BCUT2D eigenvalue weighted by Crippen LogP contribution is 2.21. The van der Waals surface area contributed by atoms with E-state index in [4.69, 9.17) is 0 Å². The van der Waals surface area contributed by atoms with Crippen molar-refractivity contribution in [1.29, 1.82) is 0 Å². The number of aliphatic imine (C=N–C) groups is 1. The van der Waals surface area contributed by atoms with E-state index in [1.807, 2.05) is 6.07 Å². The Labute approximate surface area is 157 Å². The fourth-order valence-corrected chi connectivity index (χ4v) is 2.88. The van der Waals surface area contributed by atoms with Crippen LogP contribution >= 0.6 is 0 Å². The topological polar surface area (TPSA) is 73.8 Å². The molecule has 1 aliphatic heterocycles. The van der Waals surface area contributed by atoms with Gasteiger partial charge in [0.2, 0.25) is 0 Å². The van der Waals surface area contributed by atoms with Crippen LogP contribution in [0.2, 0.25) is 0 Å². The first-order valence-corrected chi connectivity index (χ1v) is 8.66. The summed E-state index contributed by atoms with van der Waals surface area (Å²) in [5, 5.41) is 6.14. The van der Waals surface area contributed by atoms with E-state index in [-0.39, 0.29) is 24.2 Å². The molecular weight excluding hydrogens is 347 g/mol. The van der Waals surface area contributed by atoms with Crippen molar-refractivity contribution in [2.75, 3.05) is 20.1 Å². The number of rotatable bonds is 5. The van der Waals surface area contributed by atoms with Gasteiger partial charge in [-0.2, -0.15) is 0 Å². The molecule has 0 saturated carbocycles. The van der Waals surface area contributed by atoms with Gasteiger partial charge in [-0.25, -0.2) is 4.39 Å². The Morgan fingerprint density at radius 2 is 1.74 bits per heavy atom. The summed E-state index contributed by atoms with van der Waals surface area (Å²) in [4.78, 5) is 30.0. The number of nitrogens with zero attached hydrogens (tertiary/aromatic N) is 2. The van der Waals surface area contributed by atoms with Gasteiger partial charge >= 0.3 is 0 Å². The van der Waals surface area contributed by atoms with Gasteiger partial charge in [0.1, 0.15) is 5.82 Å². The minimum atomic E-state index is -0.282. The maximum absolute atomic E-state index is 13.6. The molecule has 2 aromatic carbocycles. The number of fused-ring (bicyclic) bond motifs is 1. The van der Waals surface area contributed by atoms with Gasteiger partial charge in [-0.1, -0.05) is 24.3 Å². The van der Waals surface area contributed by atoms with Crippen LogP contribution in [-0.2, 0) is 6.54 Å². The average molecular weight is 368 g/mol. The molecule has 0 aliphatic carbocycles. The maximum atomic E-state index is 13.6. The van der Waals surface area contributed by atoms with Gasteiger partial charge in [-0.05, 0) is 36.2 Å². The largest absolute Gasteiger partial charge is 0.355 e. The summed E-state index contributed by atoms with van der Waals surface area (Å²) in [7, 11) is 1.62. The van der Waals surface area contributed by atoms with Crippen LogP contribution in [0.3, 0.4) is 0 Å². The monoisotopic (exact) mass is 368 g/mol. The molecule has 0 aromatic heterocycles. The molecule has 3 rings (SSSR count). The van der Waals surface area contributed by atoms with E-state index in [2.05, 4.69) is 15.6 Å². The molecule has 2 aromatic rings. The second-order valence-corrected chi connectivity index (χ2v) is 6.24. The lowest BCUT2D eigenvalue weighted by molar-refractivity contribution is 0.0657. The van der Waals surface area contributed by atoms with Gasteiger partial charge in [0.05, 0.1) is 11.1 Å². The van der Waals surface area contributed by atoms with E-state index in [9.17, 15) is 14.0 Å². The summed E-state index contributed by atoms with van der Waals surface area (Å²) in [6.07, 6.45) is 0. The molecule has 7 heteroatoms. The van der Waals surface area contributed by atoms with E-state index in [1.165, 1.54) is 11.0 Å². The maximum Gasteiger partial charge on any atom is 0.261 e. The third kappa shape index (κ3) is 3.97. The molecule has 0 atom stereocenters. The minimum absolute atomic E-state index is 0.228. The molecular formula is C20H21FN4O2. The van der Waals surface area contributed by atoms with Gasteiger partial charge in [-0.3, -0.25) is 19.5 Å². The summed E-state index contributed by atoms with van der Waals surface area (Å²) >= 11 is 0. The summed E-state index contributed by atoms with van der Waals surface area (Å²) in [5.74, 6) is -0.304. The lowest BCUT2D eigenvalue weighted by atomic mass is 10.1. The lowest BCUT2D eigenvalue weighted by Gasteiger charge is -2.16. The predicted molar refractivity (Wildman–Crippen MR) is 101 cm³/mol. The van der Waals surface area contributed by atoms with Crippen molar-refractivity contribution in [3.05, 3.63) is 70.5 Å². The highest BCUT2D eigenvalue weighted by atomic mass is 19.1. The standard InChI is InChI=1S/C20H21FN4O2/c1-13-7-8-14(11-17(13)21)12-24-20(22-2)23-9-10-25-18(26)15-5-3-4-6-16(15)19(25)27/h3-8,11H,9-10,12H2,1-2H3,(H2,22,23,24). The molecule has 2 amide bonds. The van der Waals surface area contributed by atoms with E-state index < -0.39 is 0 Å². The van der Waals surface area contributed by atoms with E-state index in [0.29, 0.717) is 35.7 Å². The zero-order chi connectivity index (χ0) is 19.4. The first-order valence-electron chi connectivity index (χ1n) is 8.66. The number of carbonyl (C=O) groups excluding carboxylic acids is 2. The van der Waals surface area contributed by atoms with Crippen LogP contribution in [0, 0.1) is 12.7 Å². The van der Waals surface area contributed by atoms with E-state index in [1.54, 1.807) is 44.3 Å². The number of imide groups is 1. The first kappa shape index (κ1) is 18.6. The van der Waals surface area contributed by atoms with Crippen molar-refractivity contribution in [2.24, 2.45) is 4.99 Å². The summed E-state index contributed by atoms with van der Waals surface area (Å²) < 4.78 is 13.6. The minimum Gasteiger partial charge on any atom is -0.355 e. The molecule has 6 nitrogen and oxygen atoms in total. The average Bonchev–Trinajstić information content (AvgIpc) is 2.92. The molecule has 0 radical (unpaired) electrons. The fraction of sp³-hybridized carbons (Fsp3) is 0.250. The third-order valence-electron chi connectivity index (χ3n) is 4.43. The quantitative estimate of drug-likeness (QED) is 0.482. The molecule has 140 valence electrons. The number of hydrogen-bond acceptors (Lipinski definition) is 3. The van der Waals surface area contributed by atoms with Crippen LogP contribution in [0.4, 0.5) is 4.39 Å². The Bertz CT molecular complexity index is 876. The van der Waals surface area contributed by atoms with E-state index >= 15 is 0 Å². The smallest absolute Gasteiger partial charge is 0.261 e. The molecule has 2 N–H and O–H groups in total. The first-order chi connectivity index (χ1) is 13.0. The second-order valence-electron chi connectivity index (χ2n) is 6.24. The van der Waals surface area contributed by atoms with Gasteiger partial charge < -0.3 is 10.6 Å². The lowest BCUT2D eigenvalue weighted by Crippen LogP contribution is -2.42.